The number of amides is 1. The molecular weight excluding hydrogens is 286 g/mol. The van der Waals surface area contributed by atoms with Crippen LogP contribution in [0.25, 0.3) is 0 Å². The molecule has 0 aromatic carbocycles. The Morgan fingerprint density at radius 1 is 1.42 bits per heavy atom. The summed E-state index contributed by atoms with van der Waals surface area (Å²) in [5.74, 6) is 0.138. The van der Waals surface area contributed by atoms with Gasteiger partial charge in [-0.15, -0.1) is 0 Å². The summed E-state index contributed by atoms with van der Waals surface area (Å²) >= 11 is 5.02. The van der Waals surface area contributed by atoms with Crippen molar-refractivity contribution in [3.8, 4) is 0 Å². The van der Waals surface area contributed by atoms with Crippen LogP contribution in [-0.4, -0.2) is 49.6 Å². The molecule has 0 spiro atoms. The SMILES string of the molecule is CNC(=O)CCCC[C@H]1[C@H]2NC(=S)N[C@H]2CS1(=O)=O. The van der Waals surface area contributed by atoms with Crippen molar-refractivity contribution in [1.82, 2.24) is 16.0 Å². The Morgan fingerprint density at radius 3 is 2.84 bits per heavy atom. The van der Waals surface area contributed by atoms with E-state index >= 15 is 0 Å². The highest BCUT2D eigenvalue weighted by Gasteiger charge is 2.50. The van der Waals surface area contributed by atoms with Crippen LogP contribution in [0.5, 0.6) is 0 Å². The second kappa shape index (κ2) is 5.62. The maximum atomic E-state index is 12.1. The average molecular weight is 305 g/mol. The van der Waals surface area contributed by atoms with Gasteiger partial charge in [-0.3, -0.25) is 4.79 Å². The molecule has 6 nitrogen and oxygen atoms in total. The van der Waals surface area contributed by atoms with Gasteiger partial charge in [0.2, 0.25) is 5.91 Å². The van der Waals surface area contributed by atoms with Gasteiger partial charge in [-0.25, -0.2) is 8.42 Å². The molecule has 0 radical (unpaired) electrons. The van der Waals surface area contributed by atoms with Crippen LogP contribution in [0.3, 0.4) is 0 Å². The fraction of sp³-hybridized carbons (Fsp3) is 0.818. The smallest absolute Gasteiger partial charge is 0.219 e. The van der Waals surface area contributed by atoms with E-state index in [2.05, 4.69) is 16.0 Å². The lowest BCUT2D eigenvalue weighted by atomic mass is 10.0. The van der Waals surface area contributed by atoms with Crippen LogP contribution in [0.4, 0.5) is 0 Å². The standard InChI is InChI=1S/C11H19N3O3S2/c1-12-9(15)5-3-2-4-8-10-7(6-19(8,16)17)13-11(18)14-10/h7-8,10H,2-6H2,1H3,(H,12,15)(H2,13,14,18)/t7-,8-,10-/m0/s1. The summed E-state index contributed by atoms with van der Waals surface area (Å²) in [5.41, 5.74) is 0. The van der Waals surface area contributed by atoms with Gasteiger partial charge < -0.3 is 16.0 Å². The number of fused-ring (bicyclic) bond motifs is 1. The minimum Gasteiger partial charge on any atom is -0.359 e. The highest BCUT2D eigenvalue weighted by molar-refractivity contribution is 7.92. The van der Waals surface area contributed by atoms with Gasteiger partial charge in [-0.2, -0.15) is 0 Å². The van der Waals surface area contributed by atoms with Crippen molar-refractivity contribution in [2.45, 2.75) is 43.0 Å². The maximum Gasteiger partial charge on any atom is 0.219 e. The zero-order valence-corrected chi connectivity index (χ0v) is 12.4. The number of unbranched alkanes of at least 4 members (excludes halogenated alkanes) is 1. The molecule has 2 aliphatic heterocycles. The van der Waals surface area contributed by atoms with Crippen molar-refractivity contribution in [3.05, 3.63) is 0 Å². The van der Waals surface area contributed by atoms with Crippen LogP contribution in [0.1, 0.15) is 25.7 Å². The minimum absolute atomic E-state index is 0.00556. The van der Waals surface area contributed by atoms with Crippen LogP contribution < -0.4 is 16.0 Å². The number of carbonyl (C=O) groups excluding carboxylic acids is 1. The second-order valence-electron chi connectivity index (χ2n) is 5.04. The lowest BCUT2D eigenvalue weighted by Crippen LogP contribution is -2.39. The van der Waals surface area contributed by atoms with Gasteiger partial charge in [0.1, 0.15) is 0 Å². The first-order valence-corrected chi connectivity index (χ1v) is 8.55. The maximum absolute atomic E-state index is 12.1. The third-order valence-corrected chi connectivity index (χ3v) is 6.25. The number of hydrogen-bond acceptors (Lipinski definition) is 4. The first kappa shape index (κ1) is 14.5. The monoisotopic (exact) mass is 305 g/mol. The molecular formula is C11H19N3O3S2. The van der Waals surface area contributed by atoms with Gasteiger partial charge >= 0.3 is 0 Å². The van der Waals surface area contributed by atoms with Crippen LogP contribution in [0.15, 0.2) is 0 Å². The molecule has 3 N–H and O–H groups in total. The predicted octanol–water partition coefficient (Wildman–Crippen LogP) is -0.695. The summed E-state index contributed by atoms with van der Waals surface area (Å²) in [4.78, 5) is 11.1. The summed E-state index contributed by atoms with van der Waals surface area (Å²) in [6.45, 7) is 0. The third-order valence-electron chi connectivity index (χ3n) is 3.74. The molecule has 2 heterocycles. The van der Waals surface area contributed by atoms with Crippen molar-refractivity contribution in [2.24, 2.45) is 0 Å². The van der Waals surface area contributed by atoms with E-state index in [4.69, 9.17) is 12.2 Å². The molecule has 0 bridgehead atoms. The summed E-state index contributed by atoms with van der Waals surface area (Å²) < 4.78 is 24.1. The summed E-state index contributed by atoms with van der Waals surface area (Å²) in [6.07, 6.45) is 2.47. The quantitative estimate of drug-likeness (QED) is 0.460. The molecule has 2 saturated heterocycles. The second-order valence-corrected chi connectivity index (χ2v) is 7.71. The average Bonchev–Trinajstić information content (AvgIpc) is 2.77. The van der Waals surface area contributed by atoms with E-state index in [1.807, 2.05) is 0 Å². The first-order chi connectivity index (χ1) is 8.94. The number of rotatable bonds is 5. The molecule has 2 fully saturated rings. The van der Waals surface area contributed by atoms with E-state index in [1.54, 1.807) is 7.05 Å². The van der Waals surface area contributed by atoms with E-state index in [9.17, 15) is 13.2 Å². The Morgan fingerprint density at radius 2 is 2.16 bits per heavy atom. The molecule has 0 aromatic heterocycles. The molecule has 108 valence electrons. The van der Waals surface area contributed by atoms with Gasteiger partial charge in [0.15, 0.2) is 14.9 Å². The Bertz CT molecular complexity index is 478. The Labute approximate surface area is 118 Å². The van der Waals surface area contributed by atoms with E-state index < -0.39 is 15.1 Å². The number of carbonyl (C=O) groups is 1. The number of sulfone groups is 1. The van der Waals surface area contributed by atoms with E-state index in [0.717, 1.165) is 6.42 Å². The van der Waals surface area contributed by atoms with Crippen molar-refractivity contribution < 1.29 is 13.2 Å². The Balaban J connectivity index is 1.87. The Hall–Kier alpha value is -0.890. The fourth-order valence-electron chi connectivity index (χ4n) is 2.76. The van der Waals surface area contributed by atoms with Gasteiger partial charge in [0, 0.05) is 13.5 Å². The largest absolute Gasteiger partial charge is 0.359 e. The molecule has 0 saturated carbocycles. The molecule has 2 aliphatic rings. The van der Waals surface area contributed by atoms with Crippen molar-refractivity contribution in [3.63, 3.8) is 0 Å². The minimum atomic E-state index is -3.06. The van der Waals surface area contributed by atoms with Gasteiger partial charge in [-0.05, 0) is 25.1 Å². The molecule has 0 aromatic rings. The third kappa shape index (κ3) is 3.17. The summed E-state index contributed by atoms with van der Waals surface area (Å²) in [6, 6.07) is -0.209. The lowest BCUT2D eigenvalue weighted by molar-refractivity contribution is -0.120. The molecule has 19 heavy (non-hydrogen) atoms. The van der Waals surface area contributed by atoms with Crippen LogP contribution in [0.2, 0.25) is 0 Å². The van der Waals surface area contributed by atoms with Crippen molar-refractivity contribution in [1.29, 1.82) is 0 Å². The zero-order valence-electron chi connectivity index (χ0n) is 10.8. The van der Waals surface area contributed by atoms with E-state index in [0.29, 0.717) is 24.4 Å². The van der Waals surface area contributed by atoms with Gasteiger partial charge in [-0.1, -0.05) is 6.42 Å². The number of hydrogen-bond donors (Lipinski definition) is 3. The van der Waals surface area contributed by atoms with Crippen molar-refractivity contribution in [2.75, 3.05) is 12.8 Å². The number of nitrogens with one attached hydrogen (secondary N) is 3. The summed E-state index contributed by atoms with van der Waals surface area (Å²) in [7, 11) is -1.46. The summed E-state index contributed by atoms with van der Waals surface area (Å²) in [5, 5.41) is 8.74. The van der Waals surface area contributed by atoms with E-state index in [-0.39, 0.29) is 23.7 Å². The van der Waals surface area contributed by atoms with Crippen LogP contribution >= 0.6 is 12.2 Å². The fourth-order valence-corrected chi connectivity index (χ4v) is 5.32. The highest BCUT2D eigenvalue weighted by atomic mass is 32.2. The zero-order chi connectivity index (χ0) is 14.0. The van der Waals surface area contributed by atoms with E-state index in [1.165, 1.54) is 0 Å². The lowest BCUT2D eigenvalue weighted by Gasteiger charge is -2.16. The predicted molar refractivity (Wildman–Crippen MR) is 76.6 cm³/mol. The molecule has 0 aliphatic carbocycles. The molecule has 3 atom stereocenters. The Kier molecular flexibility index (Phi) is 4.29. The topological polar surface area (TPSA) is 87.3 Å². The van der Waals surface area contributed by atoms with Crippen molar-refractivity contribution >= 4 is 33.1 Å². The van der Waals surface area contributed by atoms with Gasteiger partial charge in [0.25, 0.3) is 0 Å². The molecule has 1 amide bonds. The normalized spacial score (nSPS) is 31.4. The first-order valence-electron chi connectivity index (χ1n) is 6.43. The van der Waals surface area contributed by atoms with Crippen LogP contribution in [0, 0.1) is 0 Å². The van der Waals surface area contributed by atoms with Gasteiger partial charge in [0.05, 0.1) is 23.1 Å². The number of thiocarbonyl (C=S) groups is 1. The highest BCUT2D eigenvalue weighted by Crippen LogP contribution is 2.28. The van der Waals surface area contributed by atoms with Crippen LogP contribution in [-0.2, 0) is 14.6 Å². The molecule has 2 rings (SSSR count). The molecule has 0 unspecified atom stereocenters. The molecule has 8 heteroatoms.